The lowest BCUT2D eigenvalue weighted by Crippen LogP contribution is -2.06. The molecular formula is C16H20N4. The molecule has 0 saturated heterocycles. The lowest BCUT2D eigenvalue weighted by molar-refractivity contribution is 1.08. The van der Waals surface area contributed by atoms with Gasteiger partial charge in [0, 0.05) is 24.0 Å². The Morgan fingerprint density at radius 1 is 1.15 bits per heavy atom. The van der Waals surface area contributed by atoms with Crippen LogP contribution in [0.2, 0.25) is 0 Å². The van der Waals surface area contributed by atoms with Crippen molar-refractivity contribution in [2.75, 3.05) is 17.2 Å². The maximum absolute atomic E-state index is 4.45. The summed E-state index contributed by atoms with van der Waals surface area (Å²) in [6, 6.07) is 8.23. The predicted molar refractivity (Wildman–Crippen MR) is 84.7 cm³/mol. The van der Waals surface area contributed by atoms with E-state index in [2.05, 4.69) is 59.2 Å². The molecule has 0 spiro atoms. The highest BCUT2D eigenvalue weighted by molar-refractivity contribution is 5.61. The average molecular weight is 268 g/mol. The van der Waals surface area contributed by atoms with Crippen molar-refractivity contribution in [2.24, 2.45) is 0 Å². The maximum atomic E-state index is 4.45. The van der Waals surface area contributed by atoms with Gasteiger partial charge in [-0.25, -0.2) is 4.98 Å². The minimum Gasteiger partial charge on any atom is -0.351 e. The fraction of sp³-hybridized carbons (Fsp3) is 0.250. The van der Waals surface area contributed by atoms with Gasteiger partial charge in [0.05, 0.1) is 0 Å². The zero-order valence-electron chi connectivity index (χ0n) is 12.2. The van der Waals surface area contributed by atoms with Crippen LogP contribution in [0.1, 0.15) is 16.8 Å². The number of nitrogens with zero attached hydrogens (tertiary/aromatic N) is 2. The lowest BCUT2D eigenvalue weighted by atomic mass is 10.1. The third-order valence-corrected chi connectivity index (χ3v) is 2.90. The lowest BCUT2D eigenvalue weighted by Gasteiger charge is -2.11. The molecule has 1 heterocycles. The molecule has 1 aromatic heterocycles. The molecule has 20 heavy (non-hydrogen) atoms. The van der Waals surface area contributed by atoms with E-state index in [-0.39, 0.29) is 0 Å². The van der Waals surface area contributed by atoms with Crippen LogP contribution in [0, 0.1) is 20.8 Å². The molecule has 2 aromatic rings. The number of hydrogen-bond acceptors (Lipinski definition) is 4. The van der Waals surface area contributed by atoms with Gasteiger partial charge < -0.3 is 10.6 Å². The second-order valence-electron chi connectivity index (χ2n) is 4.83. The van der Waals surface area contributed by atoms with Crippen molar-refractivity contribution in [3.63, 3.8) is 0 Å². The largest absolute Gasteiger partial charge is 0.351 e. The Morgan fingerprint density at radius 3 is 2.65 bits per heavy atom. The molecule has 2 N–H and O–H groups in total. The Labute approximate surface area is 120 Å². The van der Waals surface area contributed by atoms with Crippen molar-refractivity contribution in [1.82, 2.24) is 9.97 Å². The molecule has 0 aliphatic heterocycles. The van der Waals surface area contributed by atoms with Crippen molar-refractivity contribution in [2.45, 2.75) is 20.8 Å². The number of anilines is 3. The minimum atomic E-state index is 0.608. The highest BCUT2D eigenvalue weighted by Crippen LogP contribution is 2.21. The van der Waals surface area contributed by atoms with Crippen molar-refractivity contribution < 1.29 is 0 Å². The first-order chi connectivity index (χ1) is 9.58. The molecule has 104 valence electrons. The molecule has 0 aliphatic carbocycles. The Kier molecular flexibility index (Phi) is 4.35. The zero-order chi connectivity index (χ0) is 14.5. The second-order valence-corrected chi connectivity index (χ2v) is 4.83. The standard InChI is InChI=1S/C16H20N4/c1-5-8-17-16-18-13(4)10-15(20-16)19-14-7-6-11(2)9-12(14)3/h5-7,9-10H,1,8H2,2-4H3,(H2,17,18,19,20). The molecule has 0 bridgehead atoms. The number of nitrogens with one attached hydrogen (secondary N) is 2. The number of aryl methyl sites for hydroxylation is 3. The molecule has 0 radical (unpaired) electrons. The van der Waals surface area contributed by atoms with E-state index in [9.17, 15) is 0 Å². The van der Waals surface area contributed by atoms with Gasteiger partial charge in [-0.2, -0.15) is 4.98 Å². The molecule has 2 rings (SSSR count). The third-order valence-electron chi connectivity index (χ3n) is 2.90. The SMILES string of the molecule is C=CCNc1nc(C)cc(Nc2ccc(C)cc2C)n1. The first-order valence-corrected chi connectivity index (χ1v) is 6.63. The van der Waals surface area contributed by atoms with Crippen LogP contribution in [0.5, 0.6) is 0 Å². The number of hydrogen-bond donors (Lipinski definition) is 2. The van der Waals surface area contributed by atoms with E-state index in [0.29, 0.717) is 12.5 Å². The van der Waals surface area contributed by atoms with E-state index in [1.165, 1.54) is 11.1 Å². The summed E-state index contributed by atoms with van der Waals surface area (Å²) in [6.07, 6.45) is 1.78. The molecule has 0 amide bonds. The second kappa shape index (κ2) is 6.19. The summed E-state index contributed by atoms with van der Waals surface area (Å²) in [7, 11) is 0. The predicted octanol–water partition coefficient (Wildman–Crippen LogP) is 3.74. The summed E-state index contributed by atoms with van der Waals surface area (Å²) < 4.78 is 0. The van der Waals surface area contributed by atoms with E-state index >= 15 is 0 Å². The molecule has 0 atom stereocenters. The highest BCUT2D eigenvalue weighted by atomic mass is 15.1. The Hall–Kier alpha value is -2.36. The van der Waals surface area contributed by atoms with Crippen LogP contribution in [0.15, 0.2) is 36.9 Å². The zero-order valence-corrected chi connectivity index (χ0v) is 12.2. The van der Waals surface area contributed by atoms with E-state index in [1.807, 2.05) is 13.0 Å². The van der Waals surface area contributed by atoms with Crippen LogP contribution < -0.4 is 10.6 Å². The monoisotopic (exact) mass is 268 g/mol. The molecule has 4 heteroatoms. The van der Waals surface area contributed by atoms with Gasteiger partial charge in [0.25, 0.3) is 0 Å². The number of aromatic nitrogens is 2. The summed E-state index contributed by atoms with van der Waals surface area (Å²) >= 11 is 0. The highest BCUT2D eigenvalue weighted by Gasteiger charge is 2.04. The van der Waals surface area contributed by atoms with Gasteiger partial charge in [0.1, 0.15) is 5.82 Å². The molecule has 0 saturated carbocycles. The van der Waals surface area contributed by atoms with E-state index in [0.717, 1.165) is 17.2 Å². The molecule has 0 aliphatic rings. The van der Waals surface area contributed by atoms with Crippen molar-refractivity contribution >= 4 is 17.5 Å². The Bertz CT molecular complexity index is 620. The first kappa shape index (κ1) is 14.1. The van der Waals surface area contributed by atoms with E-state index < -0.39 is 0 Å². The summed E-state index contributed by atoms with van der Waals surface area (Å²) in [5, 5.41) is 6.44. The van der Waals surface area contributed by atoms with Gasteiger partial charge in [0.2, 0.25) is 5.95 Å². The number of benzene rings is 1. The Balaban J connectivity index is 2.23. The minimum absolute atomic E-state index is 0.608. The third kappa shape index (κ3) is 3.57. The van der Waals surface area contributed by atoms with E-state index in [1.54, 1.807) is 6.08 Å². The molecule has 4 nitrogen and oxygen atoms in total. The normalized spacial score (nSPS) is 10.2. The van der Waals surface area contributed by atoms with Crippen LogP contribution in [-0.4, -0.2) is 16.5 Å². The summed E-state index contributed by atoms with van der Waals surface area (Å²) in [4.78, 5) is 8.79. The average Bonchev–Trinajstić information content (AvgIpc) is 2.39. The Morgan fingerprint density at radius 2 is 1.95 bits per heavy atom. The maximum Gasteiger partial charge on any atom is 0.225 e. The van der Waals surface area contributed by atoms with Gasteiger partial charge >= 0.3 is 0 Å². The smallest absolute Gasteiger partial charge is 0.225 e. The van der Waals surface area contributed by atoms with Crippen LogP contribution in [0.4, 0.5) is 17.5 Å². The van der Waals surface area contributed by atoms with Crippen molar-refractivity contribution in [3.05, 3.63) is 53.7 Å². The summed E-state index contributed by atoms with van der Waals surface area (Å²) in [5.41, 5.74) is 4.42. The quantitative estimate of drug-likeness (QED) is 0.811. The fourth-order valence-corrected chi connectivity index (χ4v) is 1.97. The van der Waals surface area contributed by atoms with Gasteiger partial charge in [-0.15, -0.1) is 6.58 Å². The molecular weight excluding hydrogens is 248 g/mol. The summed E-state index contributed by atoms with van der Waals surface area (Å²) in [6.45, 7) is 10.4. The van der Waals surface area contributed by atoms with Crippen LogP contribution in [0.25, 0.3) is 0 Å². The van der Waals surface area contributed by atoms with Crippen LogP contribution in [-0.2, 0) is 0 Å². The first-order valence-electron chi connectivity index (χ1n) is 6.63. The molecule has 1 aromatic carbocycles. The summed E-state index contributed by atoms with van der Waals surface area (Å²) in [5.74, 6) is 1.40. The van der Waals surface area contributed by atoms with Crippen LogP contribution in [0.3, 0.4) is 0 Å². The fourth-order valence-electron chi connectivity index (χ4n) is 1.97. The molecule has 0 fully saturated rings. The van der Waals surface area contributed by atoms with Gasteiger partial charge in [-0.1, -0.05) is 23.8 Å². The van der Waals surface area contributed by atoms with Crippen LogP contribution >= 0.6 is 0 Å². The number of rotatable bonds is 5. The van der Waals surface area contributed by atoms with E-state index in [4.69, 9.17) is 0 Å². The van der Waals surface area contributed by atoms with Gasteiger partial charge in [-0.05, 0) is 32.4 Å². The van der Waals surface area contributed by atoms with Gasteiger partial charge in [-0.3, -0.25) is 0 Å². The van der Waals surface area contributed by atoms with Crippen molar-refractivity contribution in [1.29, 1.82) is 0 Å². The van der Waals surface area contributed by atoms with Crippen molar-refractivity contribution in [3.8, 4) is 0 Å². The van der Waals surface area contributed by atoms with Gasteiger partial charge in [0.15, 0.2) is 0 Å². The molecule has 0 unspecified atom stereocenters. The topological polar surface area (TPSA) is 49.8 Å².